The van der Waals surface area contributed by atoms with Crippen LogP contribution in [0.15, 0.2) is 48.7 Å². The Labute approximate surface area is 84.1 Å². The van der Waals surface area contributed by atoms with Gasteiger partial charge in [0, 0.05) is 11.6 Å². The molecule has 0 N–H and O–H groups in total. The van der Waals surface area contributed by atoms with Gasteiger partial charge in [0.25, 0.3) is 0 Å². The van der Waals surface area contributed by atoms with E-state index in [9.17, 15) is 0 Å². The van der Waals surface area contributed by atoms with Gasteiger partial charge in [0.1, 0.15) is 0 Å². The Bertz CT molecular complexity index is 466. The van der Waals surface area contributed by atoms with Gasteiger partial charge in [-0.25, -0.2) is 0 Å². The maximum absolute atomic E-state index is 4.32. The molecule has 1 heterocycles. The summed E-state index contributed by atoms with van der Waals surface area (Å²) in [5.41, 5.74) is 3.55. The molecular weight excluding hydrogens is 170 g/mol. The van der Waals surface area contributed by atoms with Crippen molar-refractivity contribution in [2.45, 2.75) is 13.3 Å². The fourth-order valence-corrected chi connectivity index (χ4v) is 1.63. The first-order valence-corrected chi connectivity index (χ1v) is 4.74. The molecule has 1 nitrogen and oxygen atoms in total. The van der Waals surface area contributed by atoms with Gasteiger partial charge >= 0.3 is 0 Å². The van der Waals surface area contributed by atoms with Crippen molar-refractivity contribution >= 4 is 10.9 Å². The standard InChI is InChI=1S/C13H13N/c1-10(2)9-11-7-8-14-13-6-4-3-5-12(11)13/h3-8H,1,9H2,2H3. The van der Waals surface area contributed by atoms with Crippen molar-refractivity contribution in [3.05, 3.63) is 54.2 Å². The second-order valence-corrected chi connectivity index (χ2v) is 3.62. The molecule has 1 aromatic heterocycles. The minimum atomic E-state index is 0.934. The molecule has 0 unspecified atom stereocenters. The molecule has 0 saturated heterocycles. The molecular formula is C13H13N. The summed E-state index contributed by atoms with van der Waals surface area (Å²) in [5.74, 6) is 0. The van der Waals surface area contributed by atoms with Gasteiger partial charge in [-0.3, -0.25) is 4.98 Å². The molecule has 0 atom stereocenters. The summed E-state index contributed by atoms with van der Waals surface area (Å²) in [6.07, 6.45) is 2.80. The quantitative estimate of drug-likeness (QED) is 0.650. The summed E-state index contributed by atoms with van der Waals surface area (Å²) in [6.45, 7) is 5.99. The third-order valence-corrected chi connectivity index (χ3v) is 2.23. The molecule has 0 aliphatic rings. The highest BCUT2D eigenvalue weighted by molar-refractivity contribution is 5.82. The van der Waals surface area contributed by atoms with Crippen molar-refractivity contribution in [2.24, 2.45) is 0 Å². The summed E-state index contributed by atoms with van der Waals surface area (Å²) in [4.78, 5) is 4.32. The van der Waals surface area contributed by atoms with Crippen LogP contribution in [-0.4, -0.2) is 4.98 Å². The molecule has 0 spiro atoms. The highest BCUT2D eigenvalue weighted by atomic mass is 14.6. The van der Waals surface area contributed by atoms with Crippen LogP contribution in [0, 0.1) is 0 Å². The number of allylic oxidation sites excluding steroid dienone is 1. The third-order valence-electron chi connectivity index (χ3n) is 2.23. The van der Waals surface area contributed by atoms with Crippen molar-refractivity contribution in [3.8, 4) is 0 Å². The maximum atomic E-state index is 4.32. The molecule has 70 valence electrons. The number of hydrogen-bond donors (Lipinski definition) is 0. The van der Waals surface area contributed by atoms with Gasteiger partial charge in [-0.1, -0.05) is 30.4 Å². The van der Waals surface area contributed by atoms with E-state index in [-0.39, 0.29) is 0 Å². The van der Waals surface area contributed by atoms with Gasteiger partial charge in [-0.2, -0.15) is 0 Å². The van der Waals surface area contributed by atoms with E-state index in [1.807, 2.05) is 24.4 Å². The molecule has 0 fully saturated rings. The topological polar surface area (TPSA) is 12.9 Å². The van der Waals surface area contributed by atoms with Crippen LogP contribution in [0.2, 0.25) is 0 Å². The molecule has 1 aromatic carbocycles. The zero-order chi connectivity index (χ0) is 9.97. The van der Waals surface area contributed by atoms with E-state index in [0.717, 1.165) is 11.9 Å². The van der Waals surface area contributed by atoms with E-state index in [2.05, 4.69) is 30.6 Å². The Morgan fingerprint density at radius 1 is 1.29 bits per heavy atom. The highest BCUT2D eigenvalue weighted by Crippen LogP contribution is 2.18. The number of aromatic nitrogens is 1. The van der Waals surface area contributed by atoms with Gasteiger partial charge in [0.15, 0.2) is 0 Å². The smallest absolute Gasteiger partial charge is 0.0704 e. The molecule has 0 saturated carbocycles. The molecule has 0 bridgehead atoms. The van der Waals surface area contributed by atoms with Crippen LogP contribution in [-0.2, 0) is 6.42 Å². The number of rotatable bonds is 2. The molecule has 0 aliphatic carbocycles. The van der Waals surface area contributed by atoms with Crippen LogP contribution >= 0.6 is 0 Å². The molecule has 14 heavy (non-hydrogen) atoms. The molecule has 2 rings (SSSR count). The predicted octanol–water partition coefficient (Wildman–Crippen LogP) is 3.35. The van der Waals surface area contributed by atoms with Crippen molar-refractivity contribution in [1.82, 2.24) is 4.98 Å². The van der Waals surface area contributed by atoms with E-state index in [0.29, 0.717) is 0 Å². The van der Waals surface area contributed by atoms with Gasteiger partial charge in [-0.05, 0) is 31.0 Å². The predicted molar refractivity (Wildman–Crippen MR) is 60.3 cm³/mol. The molecule has 2 aromatic rings. The van der Waals surface area contributed by atoms with Gasteiger partial charge in [0.05, 0.1) is 5.52 Å². The Hall–Kier alpha value is -1.63. The average molecular weight is 183 g/mol. The van der Waals surface area contributed by atoms with E-state index < -0.39 is 0 Å². The Morgan fingerprint density at radius 3 is 2.86 bits per heavy atom. The third kappa shape index (κ3) is 1.67. The Balaban J connectivity index is 2.59. The lowest BCUT2D eigenvalue weighted by molar-refractivity contribution is 1.16. The Kier molecular flexibility index (Phi) is 2.32. The minimum Gasteiger partial charge on any atom is -0.256 e. The van der Waals surface area contributed by atoms with Gasteiger partial charge in [-0.15, -0.1) is 0 Å². The van der Waals surface area contributed by atoms with Crippen molar-refractivity contribution in [2.75, 3.05) is 0 Å². The molecule has 0 aliphatic heterocycles. The first kappa shape index (κ1) is 8.95. The summed E-state index contributed by atoms with van der Waals surface area (Å²) in [6, 6.07) is 10.3. The van der Waals surface area contributed by atoms with E-state index in [1.54, 1.807) is 0 Å². The van der Waals surface area contributed by atoms with Crippen LogP contribution in [0.1, 0.15) is 12.5 Å². The second-order valence-electron chi connectivity index (χ2n) is 3.62. The van der Waals surface area contributed by atoms with E-state index >= 15 is 0 Å². The summed E-state index contributed by atoms with van der Waals surface area (Å²) in [7, 11) is 0. The lowest BCUT2D eigenvalue weighted by Gasteiger charge is -2.04. The van der Waals surface area contributed by atoms with E-state index in [1.165, 1.54) is 16.5 Å². The van der Waals surface area contributed by atoms with Crippen LogP contribution in [0.5, 0.6) is 0 Å². The molecule has 1 heteroatoms. The SMILES string of the molecule is C=C(C)Cc1ccnc2ccccc12. The average Bonchev–Trinajstić information content (AvgIpc) is 2.18. The summed E-state index contributed by atoms with van der Waals surface area (Å²) in [5, 5.41) is 1.23. The number of benzene rings is 1. The van der Waals surface area contributed by atoms with Crippen LogP contribution in [0.4, 0.5) is 0 Å². The monoisotopic (exact) mass is 183 g/mol. The van der Waals surface area contributed by atoms with Crippen LogP contribution in [0.3, 0.4) is 0 Å². The number of pyridine rings is 1. The van der Waals surface area contributed by atoms with Gasteiger partial charge < -0.3 is 0 Å². The van der Waals surface area contributed by atoms with Crippen molar-refractivity contribution in [1.29, 1.82) is 0 Å². The summed E-state index contributed by atoms with van der Waals surface area (Å²) < 4.78 is 0. The van der Waals surface area contributed by atoms with Crippen LogP contribution in [0.25, 0.3) is 10.9 Å². The normalized spacial score (nSPS) is 10.4. The minimum absolute atomic E-state index is 0.934. The zero-order valence-electron chi connectivity index (χ0n) is 8.33. The lowest BCUT2D eigenvalue weighted by Crippen LogP contribution is -1.89. The fraction of sp³-hybridized carbons (Fsp3) is 0.154. The largest absolute Gasteiger partial charge is 0.256 e. The fourth-order valence-electron chi connectivity index (χ4n) is 1.63. The number of hydrogen-bond acceptors (Lipinski definition) is 1. The van der Waals surface area contributed by atoms with Gasteiger partial charge in [0.2, 0.25) is 0 Å². The number of para-hydroxylation sites is 1. The summed E-state index contributed by atoms with van der Waals surface area (Å²) >= 11 is 0. The second kappa shape index (κ2) is 3.62. The maximum Gasteiger partial charge on any atom is 0.0704 e. The first-order valence-electron chi connectivity index (χ1n) is 4.74. The van der Waals surface area contributed by atoms with Crippen LogP contribution < -0.4 is 0 Å². The highest BCUT2D eigenvalue weighted by Gasteiger charge is 2.00. The lowest BCUT2D eigenvalue weighted by atomic mass is 10.0. The van der Waals surface area contributed by atoms with Crippen molar-refractivity contribution in [3.63, 3.8) is 0 Å². The first-order chi connectivity index (χ1) is 6.77. The van der Waals surface area contributed by atoms with Crippen molar-refractivity contribution < 1.29 is 0 Å². The number of nitrogens with zero attached hydrogens (tertiary/aromatic N) is 1. The number of fused-ring (bicyclic) bond motifs is 1. The molecule has 0 radical (unpaired) electrons. The Morgan fingerprint density at radius 2 is 2.07 bits per heavy atom. The van der Waals surface area contributed by atoms with E-state index in [4.69, 9.17) is 0 Å². The molecule has 0 amide bonds. The zero-order valence-corrected chi connectivity index (χ0v) is 8.33.